The lowest BCUT2D eigenvalue weighted by Gasteiger charge is -2.40. The number of likely N-dealkylation sites (N-methyl/N-ethyl adjacent to an activating group) is 1. The van der Waals surface area contributed by atoms with Crippen LogP contribution in [-0.4, -0.2) is 88.1 Å². The van der Waals surface area contributed by atoms with Crippen molar-refractivity contribution in [2.45, 2.75) is 52.0 Å². The molecule has 0 aliphatic heterocycles. The van der Waals surface area contributed by atoms with E-state index in [1.54, 1.807) is 0 Å². The first kappa shape index (κ1) is 26.2. The van der Waals surface area contributed by atoms with Gasteiger partial charge in [-0.05, 0) is 46.6 Å². The number of nitrogens with zero attached hydrogens (tertiary/aromatic N) is 2. The van der Waals surface area contributed by atoms with Crippen molar-refractivity contribution in [2.75, 3.05) is 73.0 Å². The fourth-order valence-corrected chi connectivity index (χ4v) is 4.34. The summed E-state index contributed by atoms with van der Waals surface area (Å²) in [6.45, 7) is 11.9. The maximum absolute atomic E-state index is 6.01. The predicted octanol–water partition coefficient (Wildman–Crippen LogP) is 2.55. The predicted molar refractivity (Wildman–Crippen MR) is 122 cm³/mol. The smallest absolute Gasteiger partial charge is 0.0700 e. The summed E-state index contributed by atoms with van der Waals surface area (Å²) in [5.41, 5.74) is 8.33. The molecular formula is C23H44N4O4. The molecule has 1 saturated carbocycles. The van der Waals surface area contributed by atoms with Gasteiger partial charge in [0, 0.05) is 55.4 Å². The van der Waals surface area contributed by atoms with Gasteiger partial charge in [0.1, 0.15) is 0 Å². The van der Waals surface area contributed by atoms with E-state index in [-0.39, 0.29) is 5.41 Å². The van der Waals surface area contributed by atoms with Crippen molar-refractivity contribution in [1.29, 1.82) is 0 Å². The van der Waals surface area contributed by atoms with Crippen LogP contribution in [0.15, 0.2) is 6.20 Å². The third kappa shape index (κ3) is 9.16. The number of nitrogens with two attached hydrogens (primary N) is 1. The highest BCUT2D eigenvalue weighted by Crippen LogP contribution is 2.44. The summed E-state index contributed by atoms with van der Waals surface area (Å²) in [6.07, 6.45) is 6.35. The molecule has 2 rings (SSSR count). The van der Waals surface area contributed by atoms with Crippen molar-refractivity contribution in [3.63, 3.8) is 0 Å². The first-order valence-electron chi connectivity index (χ1n) is 11.9. The van der Waals surface area contributed by atoms with Gasteiger partial charge in [-0.15, -0.1) is 0 Å². The Hall–Kier alpha value is -1.03. The Morgan fingerprint density at radius 2 is 1.61 bits per heavy atom. The third-order valence-corrected chi connectivity index (χ3v) is 6.13. The van der Waals surface area contributed by atoms with Gasteiger partial charge < -0.3 is 29.6 Å². The van der Waals surface area contributed by atoms with Gasteiger partial charge in [-0.25, -0.2) is 0 Å². The van der Waals surface area contributed by atoms with Crippen LogP contribution in [-0.2, 0) is 25.5 Å². The lowest BCUT2D eigenvalue weighted by atomic mass is 9.70. The van der Waals surface area contributed by atoms with E-state index in [0.29, 0.717) is 38.9 Å². The normalized spacial score (nSPS) is 16.9. The molecule has 0 radical (unpaired) electrons. The highest BCUT2D eigenvalue weighted by atomic mass is 16.5. The van der Waals surface area contributed by atoms with Crippen LogP contribution >= 0.6 is 0 Å². The van der Waals surface area contributed by atoms with Crippen LogP contribution in [0.1, 0.15) is 56.7 Å². The van der Waals surface area contributed by atoms with Crippen LogP contribution in [0.3, 0.4) is 0 Å². The number of hydrogen-bond donors (Lipinski definition) is 2. The summed E-state index contributed by atoms with van der Waals surface area (Å²) in [7, 11) is 2.11. The number of nitrogens with one attached hydrogen (secondary N) is 1. The summed E-state index contributed by atoms with van der Waals surface area (Å²) in [5.74, 6) is 0.503. The zero-order valence-electron chi connectivity index (χ0n) is 19.9. The van der Waals surface area contributed by atoms with Crippen molar-refractivity contribution in [2.24, 2.45) is 11.1 Å². The summed E-state index contributed by atoms with van der Waals surface area (Å²) < 4.78 is 22.8. The van der Waals surface area contributed by atoms with Crippen molar-refractivity contribution in [3.05, 3.63) is 17.5 Å². The molecule has 1 heterocycles. The van der Waals surface area contributed by atoms with Gasteiger partial charge in [-0.2, -0.15) is 5.10 Å². The molecule has 1 aromatic heterocycles. The van der Waals surface area contributed by atoms with Gasteiger partial charge in [0.15, 0.2) is 0 Å². The van der Waals surface area contributed by atoms with Crippen LogP contribution in [0.2, 0.25) is 0 Å². The lowest BCUT2D eigenvalue weighted by Crippen LogP contribution is -2.37. The third-order valence-electron chi connectivity index (χ3n) is 6.13. The quantitative estimate of drug-likeness (QED) is 0.360. The van der Waals surface area contributed by atoms with Gasteiger partial charge in [-0.1, -0.05) is 0 Å². The summed E-state index contributed by atoms with van der Waals surface area (Å²) in [5, 5.41) is 7.62. The fourth-order valence-electron chi connectivity index (χ4n) is 4.34. The van der Waals surface area contributed by atoms with E-state index < -0.39 is 0 Å². The van der Waals surface area contributed by atoms with E-state index >= 15 is 0 Å². The molecule has 0 amide bonds. The van der Waals surface area contributed by atoms with E-state index in [0.717, 1.165) is 65.2 Å². The molecule has 3 N–H and O–H groups in total. The Morgan fingerprint density at radius 3 is 2.16 bits per heavy atom. The van der Waals surface area contributed by atoms with E-state index in [1.165, 1.54) is 11.3 Å². The topological polar surface area (TPSA) is 94.9 Å². The van der Waals surface area contributed by atoms with E-state index in [2.05, 4.69) is 22.1 Å². The number of aromatic nitrogens is 2. The van der Waals surface area contributed by atoms with E-state index in [4.69, 9.17) is 24.7 Å². The van der Waals surface area contributed by atoms with Gasteiger partial charge in [0.2, 0.25) is 0 Å². The van der Waals surface area contributed by atoms with Crippen LogP contribution in [0.25, 0.3) is 0 Å². The molecule has 8 nitrogen and oxygen atoms in total. The standard InChI is InChI=1S/C23H44N4O4/c1-4-28-12-14-30-18-23(19-31-15-13-29-5-2)8-6-20(7-9-23)22-21(16-25-26-22)17-27(3)11-10-24/h16,20H,4-15,17-19,24H2,1-3H3,(H,25,26). The largest absolute Gasteiger partial charge is 0.379 e. The zero-order valence-corrected chi connectivity index (χ0v) is 19.9. The highest BCUT2D eigenvalue weighted by molar-refractivity contribution is 5.21. The highest BCUT2D eigenvalue weighted by Gasteiger charge is 2.37. The van der Waals surface area contributed by atoms with Crippen LogP contribution in [0.4, 0.5) is 0 Å². The number of ether oxygens (including phenoxy) is 4. The number of H-pyrrole nitrogens is 1. The van der Waals surface area contributed by atoms with Gasteiger partial charge >= 0.3 is 0 Å². The summed E-state index contributed by atoms with van der Waals surface area (Å²) in [4.78, 5) is 2.25. The maximum Gasteiger partial charge on any atom is 0.0700 e. The van der Waals surface area contributed by atoms with Crippen molar-refractivity contribution < 1.29 is 18.9 Å². The van der Waals surface area contributed by atoms with E-state index in [1.807, 2.05) is 20.0 Å². The number of rotatable bonds is 17. The molecule has 8 heteroatoms. The second-order valence-corrected chi connectivity index (χ2v) is 8.61. The zero-order chi connectivity index (χ0) is 22.4. The molecule has 0 spiro atoms. The first-order valence-corrected chi connectivity index (χ1v) is 11.9. The average Bonchev–Trinajstić information content (AvgIpc) is 3.22. The van der Waals surface area contributed by atoms with Crippen LogP contribution in [0, 0.1) is 5.41 Å². The van der Waals surface area contributed by atoms with Gasteiger partial charge in [0.25, 0.3) is 0 Å². The Labute approximate surface area is 188 Å². The van der Waals surface area contributed by atoms with Crippen molar-refractivity contribution in [1.82, 2.24) is 15.1 Å². The molecule has 1 aliphatic rings. The number of hydrogen-bond acceptors (Lipinski definition) is 7. The second kappa shape index (κ2) is 14.9. The molecule has 31 heavy (non-hydrogen) atoms. The molecule has 0 atom stereocenters. The molecule has 0 unspecified atom stereocenters. The SMILES string of the molecule is CCOCCOCC1(COCCOCC)CCC(c2[nH]ncc2CN(C)CCN)CC1. The minimum absolute atomic E-state index is 0.0610. The molecule has 1 aliphatic carbocycles. The van der Waals surface area contributed by atoms with E-state index in [9.17, 15) is 0 Å². The maximum atomic E-state index is 6.01. The Bertz CT molecular complexity index is 560. The molecule has 0 aromatic carbocycles. The van der Waals surface area contributed by atoms with Gasteiger partial charge in [-0.3, -0.25) is 5.10 Å². The Kier molecular flexibility index (Phi) is 12.6. The lowest BCUT2D eigenvalue weighted by molar-refractivity contribution is -0.0628. The van der Waals surface area contributed by atoms with Gasteiger partial charge in [0.05, 0.1) is 45.8 Å². The molecule has 1 fully saturated rings. The molecule has 1 aromatic rings. The monoisotopic (exact) mass is 440 g/mol. The number of aromatic amines is 1. The summed E-state index contributed by atoms with van der Waals surface area (Å²) >= 11 is 0. The Morgan fingerprint density at radius 1 is 1.03 bits per heavy atom. The molecule has 0 bridgehead atoms. The molecule has 180 valence electrons. The minimum Gasteiger partial charge on any atom is -0.379 e. The van der Waals surface area contributed by atoms with Crippen molar-refractivity contribution in [3.8, 4) is 0 Å². The van der Waals surface area contributed by atoms with Crippen LogP contribution < -0.4 is 5.73 Å². The first-order chi connectivity index (χ1) is 15.1. The van der Waals surface area contributed by atoms with Crippen LogP contribution in [0.5, 0.6) is 0 Å². The fraction of sp³-hybridized carbons (Fsp3) is 0.870. The Balaban J connectivity index is 1.91. The minimum atomic E-state index is 0.0610. The average molecular weight is 441 g/mol. The molecular weight excluding hydrogens is 396 g/mol. The summed E-state index contributed by atoms with van der Waals surface area (Å²) in [6, 6.07) is 0. The molecule has 0 saturated heterocycles. The van der Waals surface area contributed by atoms with Crippen molar-refractivity contribution >= 4 is 0 Å². The second-order valence-electron chi connectivity index (χ2n) is 8.61.